The number of benzene rings is 2. The summed E-state index contributed by atoms with van der Waals surface area (Å²) in [5.74, 6) is -1.21. The van der Waals surface area contributed by atoms with Crippen molar-refractivity contribution < 1.29 is 18.3 Å². The predicted octanol–water partition coefficient (Wildman–Crippen LogP) is 2.10. The van der Waals surface area contributed by atoms with Crippen LogP contribution in [0.4, 0.5) is 0 Å². The molecule has 0 amide bonds. The maximum atomic E-state index is 12.5. The SMILES string of the molecule is C=CCN(CC(=O)O)S(=O)(=O)c1ccc2ccccc2c1. The summed E-state index contributed by atoms with van der Waals surface area (Å²) in [6.07, 6.45) is 1.36. The van der Waals surface area contributed by atoms with Gasteiger partial charge in [-0.2, -0.15) is 4.31 Å². The molecule has 0 saturated heterocycles. The third-order valence-electron chi connectivity index (χ3n) is 3.00. The fraction of sp³-hybridized carbons (Fsp3) is 0.133. The number of sulfonamides is 1. The number of carbonyl (C=O) groups is 1. The lowest BCUT2D eigenvalue weighted by Crippen LogP contribution is -2.35. The Morgan fingerprint density at radius 1 is 1.19 bits per heavy atom. The lowest BCUT2D eigenvalue weighted by atomic mass is 10.1. The highest BCUT2D eigenvalue weighted by Crippen LogP contribution is 2.21. The molecule has 0 spiro atoms. The van der Waals surface area contributed by atoms with Crippen molar-refractivity contribution in [2.24, 2.45) is 0 Å². The van der Waals surface area contributed by atoms with E-state index in [1.807, 2.05) is 24.3 Å². The molecular formula is C15H15NO4S. The van der Waals surface area contributed by atoms with Crippen molar-refractivity contribution in [2.75, 3.05) is 13.1 Å². The smallest absolute Gasteiger partial charge is 0.318 e. The van der Waals surface area contributed by atoms with Gasteiger partial charge in [-0.05, 0) is 22.9 Å². The topological polar surface area (TPSA) is 74.7 Å². The number of carboxylic acids is 1. The Kier molecular flexibility index (Phi) is 4.40. The van der Waals surface area contributed by atoms with Gasteiger partial charge in [-0.25, -0.2) is 8.42 Å². The quantitative estimate of drug-likeness (QED) is 0.829. The molecule has 0 unspecified atom stereocenters. The minimum Gasteiger partial charge on any atom is -0.480 e. The fourth-order valence-corrected chi connectivity index (χ4v) is 3.42. The molecule has 6 heteroatoms. The van der Waals surface area contributed by atoms with Crippen LogP contribution in [0.3, 0.4) is 0 Å². The average Bonchev–Trinajstić information content (AvgIpc) is 2.46. The monoisotopic (exact) mass is 305 g/mol. The first-order valence-electron chi connectivity index (χ1n) is 6.27. The lowest BCUT2D eigenvalue weighted by Gasteiger charge is -2.18. The second-order valence-electron chi connectivity index (χ2n) is 4.49. The van der Waals surface area contributed by atoms with Crippen LogP contribution in [0.2, 0.25) is 0 Å². The van der Waals surface area contributed by atoms with Crippen LogP contribution >= 0.6 is 0 Å². The highest BCUT2D eigenvalue weighted by atomic mass is 32.2. The van der Waals surface area contributed by atoms with E-state index in [2.05, 4.69) is 6.58 Å². The van der Waals surface area contributed by atoms with Crippen molar-refractivity contribution >= 4 is 26.8 Å². The predicted molar refractivity (Wildman–Crippen MR) is 80.5 cm³/mol. The van der Waals surface area contributed by atoms with Crippen LogP contribution in [0, 0.1) is 0 Å². The first-order chi connectivity index (χ1) is 9.95. The van der Waals surface area contributed by atoms with E-state index in [4.69, 9.17) is 5.11 Å². The zero-order valence-electron chi connectivity index (χ0n) is 11.3. The van der Waals surface area contributed by atoms with Gasteiger partial charge in [-0.15, -0.1) is 6.58 Å². The summed E-state index contributed by atoms with van der Waals surface area (Å²) in [5, 5.41) is 10.6. The number of rotatable bonds is 6. The van der Waals surface area contributed by atoms with E-state index in [0.29, 0.717) is 0 Å². The Hall–Kier alpha value is -2.18. The maximum Gasteiger partial charge on any atom is 0.318 e. The van der Waals surface area contributed by atoms with Crippen molar-refractivity contribution in [3.63, 3.8) is 0 Å². The summed E-state index contributed by atoms with van der Waals surface area (Å²) in [6.45, 7) is 2.82. The Morgan fingerprint density at radius 3 is 2.48 bits per heavy atom. The largest absolute Gasteiger partial charge is 0.480 e. The molecule has 0 aliphatic carbocycles. The summed E-state index contributed by atoms with van der Waals surface area (Å²) in [6, 6.07) is 12.1. The van der Waals surface area contributed by atoms with Crippen molar-refractivity contribution in [1.29, 1.82) is 0 Å². The Balaban J connectivity index is 2.47. The van der Waals surface area contributed by atoms with E-state index in [1.165, 1.54) is 12.1 Å². The van der Waals surface area contributed by atoms with Gasteiger partial charge in [0, 0.05) is 6.54 Å². The minimum absolute atomic E-state index is 0.0541. The van der Waals surface area contributed by atoms with Crippen molar-refractivity contribution in [3.8, 4) is 0 Å². The molecule has 1 N–H and O–H groups in total. The average molecular weight is 305 g/mol. The van der Waals surface area contributed by atoms with E-state index in [9.17, 15) is 13.2 Å². The standard InChI is InChI=1S/C15H15NO4S/c1-2-9-16(11-15(17)18)21(19,20)14-8-7-12-5-3-4-6-13(12)10-14/h2-8,10H,1,9,11H2,(H,17,18). The second-order valence-corrected chi connectivity index (χ2v) is 6.43. The highest BCUT2D eigenvalue weighted by Gasteiger charge is 2.25. The Morgan fingerprint density at radius 2 is 1.86 bits per heavy atom. The molecule has 2 rings (SSSR count). The van der Waals surface area contributed by atoms with Crippen LogP contribution in [0.5, 0.6) is 0 Å². The minimum atomic E-state index is -3.87. The van der Waals surface area contributed by atoms with Gasteiger partial charge in [0.25, 0.3) is 0 Å². The summed E-state index contributed by atoms with van der Waals surface area (Å²) >= 11 is 0. The van der Waals surface area contributed by atoms with Crippen LogP contribution in [0.1, 0.15) is 0 Å². The van der Waals surface area contributed by atoms with Gasteiger partial charge in [-0.3, -0.25) is 4.79 Å². The van der Waals surface area contributed by atoms with Gasteiger partial charge in [0.15, 0.2) is 0 Å². The van der Waals surface area contributed by atoms with Crippen LogP contribution < -0.4 is 0 Å². The summed E-state index contributed by atoms with van der Waals surface area (Å²) in [4.78, 5) is 10.9. The van der Waals surface area contributed by atoms with Gasteiger partial charge < -0.3 is 5.11 Å². The van der Waals surface area contributed by atoms with Crippen LogP contribution in [-0.4, -0.2) is 36.9 Å². The van der Waals surface area contributed by atoms with E-state index in [0.717, 1.165) is 15.1 Å². The molecule has 2 aromatic carbocycles. The molecule has 0 radical (unpaired) electrons. The van der Waals surface area contributed by atoms with E-state index in [1.54, 1.807) is 12.1 Å². The number of nitrogens with zero attached hydrogens (tertiary/aromatic N) is 1. The second kappa shape index (κ2) is 6.07. The zero-order chi connectivity index (χ0) is 15.5. The molecule has 0 atom stereocenters. The van der Waals surface area contributed by atoms with Gasteiger partial charge in [0.05, 0.1) is 4.90 Å². The molecule has 0 heterocycles. The van der Waals surface area contributed by atoms with Crippen molar-refractivity contribution in [2.45, 2.75) is 4.90 Å². The first-order valence-corrected chi connectivity index (χ1v) is 7.71. The number of carboxylic acid groups (broad SMARTS) is 1. The van der Waals surface area contributed by atoms with Crippen molar-refractivity contribution in [3.05, 3.63) is 55.1 Å². The molecule has 0 bridgehead atoms. The molecule has 110 valence electrons. The molecule has 0 saturated carbocycles. The summed E-state index contributed by atoms with van der Waals surface area (Å²) < 4.78 is 25.9. The number of hydrogen-bond acceptors (Lipinski definition) is 3. The molecule has 0 fully saturated rings. The van der Waals surface area contributed by atoms with Gasteiger partial charge in [0.1, 0.15) is 6.54 Å². The summed E-state index contributed by atoms with van der Waals surface area (Å²) in [5.41, 5.74) is 0. The van der Waals surface area contributed by atoms with Gasteiger partial charge in [-0.1, -0.05) is 36.4 Å². The number of aliphatic carboxylic acids is 1. The summed E-state index contributed by atoms with van der Waals surface area (Å²) in [7, 11) is -3.87. The Labute approximate surface area is 123 Å². The van der Waals surface area contributed by atoms with E-state index >= 15 is 0 Å². The first kappa shape index (κ1) is 15.2. The van der Waals surface area contributed by atoms with E-state index in [-0.39, 0.29) is 11.4 Å². The molecule has 5 nitrogen and oxygen atoms in total. The molecule has 0 aliphatic rings. The molecule has 21 heavy (non-hydrogen) atoms. The van der Waals surface area contributed by atoms with Crippen LogP contribution in [-0.2, 0) is 14.8 Å². The van der Waals surface area contributed by atoms with Gasteiger partial charge >= 0.3 is 5.97 Å². The van der Waals surface area contributed by atoms with Crippen LogP contribution in [0.15, 0.2) is 60.0 Å². The number of hydrogen-bond donors (Lipinski definition) is 1. The fourth-order valence-electron chi connectivity index (χ4n) is 2.02. The normalized spacial score (nSPS) is 11.7. The zero-order valence-corrected chi connectivity index (χ0v) is 12.1. The number of fused-ring (bicyclic) bond motifs is 1. The maximum absolute atomic E-state index is 12.5. The third kappa shape index (κ3) is 3.29. The molecular weight excluding hydrogens is 290 g/mol. The lowest BCUT2D eigenvalue weighted by molar-refractivity contribution is -0.137. The Bertz CT molecular complexity index is 783. The van der Waals surface area contributed by atoms with E-state index < -0.39 is 22.5 Å². The highest BCUT2D eigenvalue weighted by molar-refractivity contribution is 7.89. The third-order valence-corrected chi connectivity index (χ3v) is 4.81. The molecule has 0 aliphatic heterocycles. The molecule has 2 aromatic rings. The van der Waals surface area contributed by atoms with Gasteiger partial charge in [0.2, 0.25) is 10.0 Å². The molecule has 0 aromatic heterocycles. The van der Waals surface area contributed by atoms with Crippen LogP contribution in [0.25, 0.3) is 10.8 Å². The van der Waals surface area contributed by atoms with Crippen molar-refractivity contribution in [1.82, 2.24) is 4.31 Å².